The van der Waals surface area contributed by atoms with Crippen LogP contribution in [0.25, 0.3) is 11.2 Å². The Morgan fingerprint density at radius 1 is 1.45 bits per heavy atom. The van der Waals surface area contributed by atoms with E-state index in [1.165, 1.54) is 25.7 Å². The summed E-state index contributed by atoms with van der Waals surface area (Å²) in [7, 11) is 0. The van der Waals surface area contributed by atoms with Gasteiger partial charge in [0.2, 0.25) is 0 Å². The molecule has 0 amide bonds. The van der Waals surface area contributed by atoms with Gasteiger partial charge in [-0.05, 0) is 37.7 Å². The molecule has 2 aromatic rings. The van der Waals surface area contributed by atoms with Crippen molar-refractivity contribution in [2.45, 2.75) is 43.4 Å². The second kappa shape index (κ2) is 6.35. The van der Waals surface area contributed by atoms with E-state index in [0.29, 0.717) is 11.9 Å². The summed E-state index contributed by atoms with van der Waals surface area (Å²) in [4.78, 5) is 9.30. The van der Waals surface area contributed by atoms with Crippen LogP contribution in [0.3, 0.4) is 0 Å². The molecule has 0 saturated heterocycles. The van der Waals surface area contributed by atoms with Crippen LogP contribution in [0.4, 0.5) is 0 Å². The molecule has 0 spiro atoms. The zero-order valence-corrected chi connectivity index (χ0v) is 13.3. The Bertz CT molecular complexity index is 584. The first-order valence-electron chi connectivity index (χ1n) is 7.24. The molecule has 20 heavy (non-hydrogen) atoms. The largest absolute Gasteiger partial charge is 0.310 e. The van der Waals surface area contributed by atoms with Gasteiger partial charge in [0, 0.05) is 29.8 Å². The Labute approximate surface area is 129 Å². The molecule has 3 nitrogen and oxygen atoms in total. The number of aryl methyl sites for hydroxylation is 1. The molecule has 2 atom stereocenters. The minimum absolute atomic E-state index is 0.527. The molecule has 2 aromatic heterocycles. The normalized spacial score (nSPS) is 23.3. The molecule has 0 N–H and O–H groups in total. The number of pyridine rings is 1. The van der Waals surface area contributed by atoms with Crippen molar-refractivity contribution in [3.8, 4) is 0 Å². The molecule has 1 aliphatic rings. The summed E-state index contributed by atoms with van der Waals surface area (Å²) in [6, 6.07) is 4.53. The fraction of sp³-hybridized carbons (Fsp3) is 0.600. The smallest absolute Gasteiger partial charge is 0.160 e. The summed E-state index contributed by atoms with van der Waals surface area (Å²) in [6.07, 6.45) is 9.98. The highest BCUT2D eigenvalue weighted by atomic mass is 35.5. The Balaban J connectivity index is 2.01. The van der Waals surface area contributed by atoms with E-state index in [1.54, 1.807) is 0 Å². The van der Waals surface area contributed by atoms with E-state index in [1.807, 2.05) is 30.1 Å². The summed E-state index contributed by atoms with van der Waals surface area (Å²) in [5.41, 5.74) is 2.03. The lowest BCUT2D eigenvalue weighted by molar-refractivity contribution is 0.359. The van der Waals surface area contributed by atoms with Gasteiger partial charge in [0.1, 0.15) is 11.3 Å². The quantitative estimate of drug-likeness (QED) is 0.798. The number of imidazole rings is 1. The number of thioether (sulfide) groups is 1. The van der Waals surface area contributed by atoms with Crippen molar-refractivity contribution in [1.82, 2.24) is 14.5 Å². The van der Waals surface area contributed by atoms with Crippen LogP contribution in [0.5, 0.6) is 0 Å². The number of rotatable bonds is 4. The number of halogens is 1. The molecule has 3 rings (SSSR count). The number of hydrogen-bond donors (Lipinski definition) is 0. The lowest BCUT2D eigenvalue weighted by Gasteiger charge is -2.30. The van der Waals surface area contributed by atoms with E-state index >= 15 is 0 Å². The van der Waals surface area contributed by atoms with Crippen molar-refractivity contribution >= 4 is 34.5 Å². The maximum Gasteiger partial charge on any atom is 0.160 e. The van der Waals surface area contributed by atoms with Crippen molar-refractivity contribution in [3.05, 3.63) is 24.2 Å². The Morgan fingerprint density at radius 2 is 2.35 bits per heavy atom. The number of alkyl halides is 1. The van der Waals surface area contributed by atoms with Crippen LogP contribution >= 0.6 is 23.4 Å². The first-order valence-corrected chi connectivity index (χ1v) is 9.06. The Kier molecular flexibility index (Phi) is 4.51. The van der Waals surface area contributed by atoms with Crippen molar-refractivity contribution in [2.24, 2.45) is 0 Å². The van der Waals surface area contributed by atoms with Crippen LogP contribution in [-0.2, 0) is 6.42 Å². The highest BCUT2D eigenvalue weighted by molar-refractivity contribution is 7.99. The van der Waals surface area contributed by atoms with Crippen LogP contribution in [0, 0.1) is 0 Å². The highest BCUT2D eigenvalue weighted by Gasteiger charge is 2.26. The first-order chi connectivity index (χ1) is 9.83. The van der Waals surface area contributed by atoms with Gasteiger partial charge in [0.25, 0.3) is 0 Å². The van der Waals surface area contributed by atoms with Crippen LogP contribution < -0.4 is 0 Å². The number of nitrogens with zero attached hydrogens (tertiary/aromatic N) is 3. The molecule has 0 radical (unpaired) electrons. The first kappa shape index (κ1) is 14.2. The fourth-order valence-electron chi connectivity index (χ4n) is 3.19. The second-order valence-corrected chi connectivity index (χ2v) is 6.88. The Hall–Kier alpha value is -0.740. The van der Waals surface area contributed by atoms with Crippen molar-refractivity contribution < 1.29 is 0 Å². The predicted molar refractivity (Wildman–Crippen MR) is 86.8 cm³/mol. The maximum absolute atomic E-state index is 5.95. The third-order valence-electron chi connectivity index (χ3n) is 4.14. The average molecular weight is 310 g/mol. The van der Waals surface area contributed by atoms with E-state index < -0.39 is 0 Å². The molecule has 0 aromatic carbocycles. The topological polar surface area (TPSA) is 30.7 Å². The van der Waals surface area contributed by atoms with E-state index in [4.69, 9.17) is 16.6 Å². The summed E-state index contributed by atoms with van der Waals surface area (Å²) >= 11 is 7.94. The van der Waals surface area contributed by atoms with Gasteiger partial charge in [-0.1, -0.05) is 6.42 Å². The lowest BCUT2D eigenvalue weighted by Crippen LogP contribution is -2.22. The van der Waals surface area contributed by atoms with E-state index in [2.05, 4.69) is 15.8 Å². The fourth-order valence-corrected chi connectivity index (χ4v) is 4.18. The summed E-state index contributed by atoms with van der Waals surface area (Å²) in [6.45, 7) is 0. The van der Waals surface area contributed by atoms with Crippen LogP contribution in [-0.4, -0.2) is 31.9 Å². The van der Waals surface area contributed by atoms with Crippen molar-refractivity contribution in [2.75, 3.05) is 12.1 Å². The molecule has 1 fully saturated rings. The van der Waals surface area contributed by atoms with Crippen LogP contribution in [0.15, 0.2) is 18.3 Å². The van der Waals surface area contributed by atoms with Crippen molar-refractivity contribution in [1.29, 1.82) is 0 Å². The van der Waals surface area contributed by atoms with Gasteiger partial charge in [0.15, 0.2) is 5.65 Å². The van der Waals surface area contributed by atoms with Gasteiger partial charge in [-0.3, -0.25) is 0 Å². The van der Waals surface area contributed by atoms with Gasteiger partial charge in [0.05, 0.1) is 0 Å². The molecule has 1 saturated carbocycles. The van der Waals surface area contributed by atoms with Gasteiger partial charge < -0.3 is 4.57 Å². The average Bonchev–Trinajstić information content (AvgIpc) is 2.85. The summed E-state index contributed by atoms with van der Waals surface area (Å²) in [5, 5.41) is 0.763. The lowest BCUT2D eigenvalue weighted by atomic mass is 9.94. The van der Waals surface area contributed by atoms with Crippen LogP contribution in [0.2, 0.25) is 0 Å². The van der Waals surface area contributed by atoms with E-state index in [9.17, 15) is 0 Å². The number of aromatic nitrogens is 3. The molecule has 5 heteroatoms. The van der Waals surface area contributed by atoms with Crippen LogP contribution in [0.1, 0.15) is 37.5 Å². The molecule has 2 unspecified atom stereocenters. The predicted octanol–water partition coefficient (Wildman–Crippen LogP) is 4.06. The molecule has 0 aliphatic heterocycles. The second-order valence-electron chi connectivity index (χ2n) is 5.36. The van der Waals surface area contributed by atoms with Gasteiger partial charge in [-0.2, -0.15) is 11.8 Å². The van der Waals surface area contributed by atoms with Gasteiger partial charge >= 0.3 is 0 Å². The third kappa shape index (κ3) is 2.68. The molecule has 0 bridgehead atoms. The molecule has 108 valence electrons. The monoisotopic (exact) mass is 309 g/mol. The standard InChI is InChI=1S/C15H20ClN3S/c1-20-12-5-2-4-11(10-12)19-14(7-8-16)18-13-6-3-9-17-15(13)19/h3,6,9,11-12H,2,4-5,7-8,10H2,1H3. The zero-order valence-electron chi connectivity index (χ0n) is 11.8. The number of hydrogen-bond acceptors (Lipinski definition) is 3. The summed E-state index contributed by atoms with van der Waals surface area (Å²) in [5.74, 6) is 1.71. The third-order valence-corrected chi connectivity index (χ3v) is 5.42. The highest BCUT2D eigenvalue weighted by Crippen LogP contribution is 2.36. The maximum atomic E-state index is 5.95. The zero-order chi connectivity index (χ0) is 13.9. The van der Waals surface area contributed by atoms with E-state index in [-0.39, 0.29) is 0 Å². The molecule has 1 aliphatic carbocycles. The SMILES string of the molecule is CSC1CCCC(n2c(CCCl)nc3cccnc32)C1. The van der Waals surface area contributed by atoms with E-state index in [0.717, 1.165) is 28.7 Å². The molecular formula is C15H20ClN3S. The minimum atomic E-state index is 0.527. The molecular weight excluding hydrogens is 290 g/mol. The van der Waals surface area contributed by atoms with Gasteiger partial charge in [-0.15, -0.1) is 11.6 Å². The van der Waals surface area contributed by atoms with Gasteiger partial charge in [-0.25, -0.2) is 9.97 Å². The van der Waals surface area contributed by atoms with Crippen molar-refractivity contribution in [3.63, 3.8) is 0 Å². The summed E-state index contributed by atoms with van der Waals surface area (Å²) < 4.78 is 2.36. The molecule has 2 heterocycles. The Morgan fingerprint density at radius 3 is 3.15 bits per heavy atom. The number of fused-ring (bicyclic) bond motifs is 1. The minimum Gasteiger partial charge on any atom is -0.310 e.